The Morgan fingerprint density at radius 1 is 1.24 bits per heavy atom. The minimum absolute atomic E-state index is 0.00596. The normalized spacial score (nSPS) is 29.7. The molecule has 2 fully saturated rings. The molecule has 120 valence electrons. The molecule has 7 nitrogen and oxygen atoms in total. The number of urea groups is 1. The third-order valence-electron chi connectivity index (χ3n) is 3.97. The molecule has 0 radical (unpaired) electrons. The summed E-state index contributed by atoms with van der Waals surface area (Å²) in [7, 11) is 3.21. The number of carboxylic acids is 1. The highest BCUT2D eigenvalue weighted by Gasteiger charge is 2.39. The molecule has 0 saturated carbocycles. The van der Waals surface area contributed by atoms with Gasteiger partial charge in [-0.05, 0) is 0 Å². The Balaban J connectivity index is 2.02. The highest BCUT2D eigenvalue weighted by molar-refractivity contribution is 7.99. The molecule has 0 bridgehead atoms. The number of rotatable bonds is 4. The topological polar surface area (TPSA) is 79.3 Å². The van der Waals surface area contributed by atoms with E-state index in [-0.39, 0.29) is 30.7 Å². The van der Waals surface area contributed by atoms with Gasteiger partial charge in [0.05, 0.1) is 25.6 Å². The van der Waals surface area contributed by atoms with Gasteiger partial charge in [0.2, 0.25) is 0 Å². The van der Waals surface area contributed by atoms with E-state index in [1.54, 1.807) is 35.8 Å². The number of carbonyl (C=O) groups excluding carboxylic acids is 1. The van der Waals surface area contributed by atoms with Gasteiger partial charge in [-0.3, -0.25) is 4.79 Å². The summed E-state index contributed by atoms with van der Waals surface area (Å²) >= 11 is 1.69. The van der Waals surface area contributed by atoms with Crippen molar-refractivity contribution in [1.29, 1.82) is 0 Å². The number of hydrogen-bond acceptors (Lipinski definition) is 5. The van der Waals surface area contributed by atoms with Gasteiger partial charge in [0.15, 0.2) is 0 Å². The molecule has 0 spiro atoms. The molecule has 2 aliphatic heterocycles. The molecule has 3 unspecified atom stereocenters. The van der Waals surface area contributed by atoms with Gasteiger partial charge in [0, 0.05) is 32.3 Å². The number of carbonyl (C=O) groups is 2. The van der Waals surface area contributed by atoms with Crippen molar-refractivity contribution >= 4 is 23.8 Å². The van der Waals surface area contributed by atoms with E-state index in [1.165, 1.54) is 0 Å². The van der Waals surface area contributed by atoms with Gasteiger partial charge in [-0.15, -0.1) is 0 Å². The van der Waals surface area contributed by atoms with Gasteiger partial charge >= 0.3 is 12.0 Å². The van der Waals surface area contributed by atoms with Gasteiger partial charge in [0.1, 0.15) is 12.2 Å². The maximum Gasteiger partial charge on any atom is 0.320 e. The van der Waals surface area contributed by atoms with E-state index in [0.717, 1.165) is 5.75 Å². The summed E-state index contributed by atoms with van der Waals surface area (Å²) in [5.41, 5.74) is 0. The monoisotopic (exact) mass is 318 g/mol. The van der Waals surface area contributed by atoms with Crippen LogP contribution in [0.2, 0.25) is 0 Å². The van der Waals surface area contributed by atoms with Gasteiger partial charge in [-0.1, -0.05) is 0 Å². The second-order valence-corrected chi connectivity index (χ2v) is 6.41. The van der Waals surface area contributed by atoms with Crippen molar-refractivity contribution in [3.63, 3.8) is 0 Å². The average molecular weight is 318 g/mol. The van der Waals surface area contributed by atoms with Gasteiger partial charge in [-0.25, -0.2) is 4.79 Å². The number of amides is 2. The van der Waals surface area contributed by atoms with Crippen LogP contribution in [0, 0.1) is 0 Å². The lowest BCUT2D eigenvalue weighted by molar-refractivity contribution is -0.138. The Bertz CT molecular complexity index is 383. The third kappa shape index (κ3) is 3.81. The number of likely N-dealkylation sites (tertiary alicyclic amines) is 1. The molecule has 2 amide bonds. The molecule has 8 heteroatoms. The van der Waals surface area contributed by atoms with Crippen LogP contribution in [0.25, 0.3) is 0 Å². The van der Waals surface area contributed by atoms with Crippen LogP contribution in [0.5, 0.6) is 0 Å². The van der Waals surface area contributed by atoms with Crippen LogP contribution in [0.1, 0.15) is 6.42 Å². The second kappa shape index (κ2) is 7.33. The zero-order chi connectivity index (χ0) is 15.4. The zero-order valence-electron chi connectivity index (χ0n) is 12.4. The molecule has 2 saturated heterocycles. The van der Waals surface area contributed by atoms with E-state index in [0.29, 0.717) is 25.4 Å². The fourth-order valence-corrected chi connectivity index (χ4v) is 3.87. The van der Waals surface area contributed by atoms with Gasteiger partial charge in [0.25, 0.3) is 0 Å². The van der Waals surface area contributed by atoms with Crippen molar-refractivity contribution in [3.8, 4) is 0 Å². The number of ether oxygens (including phenoxy) is 2. The third-order valence-corrected chi connectivity index (χ3v) is 5.07. The first-order valence-corrected chi connectivity index (χ1v) is 8.13. The molecule has 0 aromatic rings. The average Bonchev–Trinajstić information content (AvgIpc) is 2.89. The predicted octanol–water partition coefficient (Wildman–Crippen LogP) is 0.344. The number of hydrogen-bond donors (Lipinski definition) is 1. The molecular formula is C13H22N2O5S. The lowest BCUT2D eigenvalue weighted by Crippen LogP contribution is -2.52. The van der Waals surface area contributed by atoms with E-state index in [2.05, 4.69) is 0 Å². The lowest BCUT2D eigenvalue weighted by atomic mass is 10.2. The maximum atomic E-state index is 12.7. The molecule has 2 rings (SSSR count). The second-order valence-electron chi connectivity index (χ2n) is 5.26. The van der Waals surface area contributed by atoms with E-state index in [1.807, 2.05) is 0 Å². The van der Waals surface area contributed by atoms with Crippen LogP contribution < -0.4 is 0 Å². The minimum Gasteiger partial charge on any atom is -0.481 e. The summed E-state index contributed by atoms with van der Waals surface area (Å²) in [5, 5.41) is 8.99. The van der Waals surface area contributed by atoms with Crippen molar-refractivity contribution in [2.75, 3.05) is 45.4 Å². The Hall–Kier alpha value is -0.990. The molecule has 21 heavy (non-hydrogen) atoms. The van der Waals surface area contributed by atoms with E-state index in [9.17, 15) is 9.59 Å². The quantitative estimate of drug-likeness (QED) is 0.805. The van der Waals surface area contributed by atoms with Crippen molar-refractivity contribution in [3.05, 3.63) is 0 Å². The number of carboxylic acid groups (broad SMARTS) is 1. The molecule has 3 atom stereocenters. The molecular weight excluding hydrogens is 296 g/mol. The molecule has 0 aliphatic carbocycles. The Kier molecular flexibility index (Phi) is 5.72. The van der Waals surface area contributed by atoms with Gasteiger partial charge < -0.3 is 24.4 Å². The Labute approximate surface area is 128 Å². The van der Waals surface area contributed by atoms with Crippen molar-refractivity contribution in [1.82, 2.24) is 9.80 Å². The minimum atomic E-state index is -0.869. The summed E-state index contributed by atoms with van der Waals surface area (Å²) in [4.78, 5) is 27.0. The molecule has 0 aromatic heterocycles. The number of aliphatic carboxylic acids is 1. The highest BCUT2D eigenvalue weighted by Crippen LogP contribution is 2.23. The first-order chi connectivity index (χ1) is 10.1. The fourth-order valence-electron chi connectivity index (χ4n) is 2.81. The van der Waals surface area contributed by atoms with Crippen molar-refractivity contribution in [2.45, 2.75) is 24.7 Å². The number of methoxy groups -OCH3 is 2. The standard InChI is InChI=1S/C13H22N2O5S/c1-19-10-6-14(7-11(10)20-2)13(18)15-3-4-21-8-9(15)5-12(16)17/h9-11H,3-8H2,1-2H3,(H,16,17). The summed E-state index contributed by atoms with van der Waals surface area (Å²) in [6.07, 6.45) is -0.263. The SMILES string of the molecule is COC1CN(C(=O)N2CCSCC2CC(=O)O)CC1OC. The van der Waals surface area contributed by atoms with Crippen LogP contribution in [0.4, 0.5) is 4.79 Å². The van der Waals surface area contributed by atoms with Crippen molar-refractivity contribution < 1.29 is 24.2 Å². The fraction of sp³-hybridized carbons (Fsp3) is 0.846. The van der Waals surface area contributed by atoms with Crippen LogP contribution in [-0.4, -0.2) is 90.5 Å². The Morgan fingerprint density at radius 3 is 2.38 bits per heavy atom. The molecule has 1 N–H and O–H groups in total. The number of thioether (sulfide) groups is 1. The van der Waals surface area contributed by atoms with Crippen LogP contribution in [-0.2, 0) is 14.3 Å². The molecule has 0 aromatic carbocycles. The maximum absolute atomic E-state index is 12.7. The first-order valence-electron chi connectivity index (χ1n) is 6.97. The van der Waals surface area contributed by atoms with E-state index < -0.39 is 5.97 Å². The van der Waals surface area contributed by atoms with Crippen LogP contribution in [0.15, 0.2) is 0 Å². The summed E-state index contributed by atoms with van der Waals surface area (Å²) < 4.78 is 10.7. The summed E-state index contributed by atoms with van der Waals surface area (Å²) in [6.45, 7) is 1.56. The van der Waals surface area contributed by atoms with E-state index >= 15 is 0 Å². The molecule has 2 heterocycles. The number of nitrogens with zero attached hydrogens (tertiary/aromatic N) is 2. The highest BCUT2D eigenvalue weighted by atomic mass is 32.2. The summed E-state index contributed by atoms with van der Waals surface area (Å²) in [5.74, 6) is 0.649. The zero-order valence-corrected chi connectivity index (χ0v) is 13.2. The van der Waals surface area contributed by atoms with Crippen LogP contribution in [0.3, 0.4) is 0 Å². The predicted molar refractivity (Wildman–Crippen MR) is 78.6 cm³/mol. The molecule has 2 aliphatic rings. The smallest absolute Gasteiger partial charge is 0.320 e. The summed E-state index contributed by atoms with van der Waals surface area (Å²) in [6, 6.07) is -0.348. The van der Waals surface area contributed by atoms with E-state index in [4.69, 9.17) is 14.6 Å². The van der Waals surface area contributed by atoms with Gasteiger partial charge in [-0.2, -0.15) is 11.8 Å². The van der Waals surface area contributed by atoms with Crippen LogP contribution >= 0.6 is 11.8 Å². The largest absolute Gasteiger partial charge is 0.481 e. The Morgan fingerprint density at radius 2 is 1.86 bits per heavy atom. The lowest BCUT2D eigenvalue weighted by Gasteiger charge is -2.37. The van der Waals surface area contributed by atoms with Crippen molar-refractivity contribution in [2.24, 2.45) is 0 Å². The first kappa shape index (κ1) is 16.4.